The summed E-state index contributed by atoms with van der Waals surface area (Å²) in [5.74, 6) is 1.35. The zero-order valence-electron chi connectivity index (χ0n) is 18.6. The molecule has 0 saturated carbocycles. The summed E-state index contributed by atoms with van der Waals surface area (Å²) < 4.78 is 0. The molecule has 0 nitrogen and oxygen atoms in total. The minimum absolute atomic E-state index is 0.471. The fourth-order valence-electron chi connectivity index (χ4n) is 2.76. The van der Waals surface area contributed by atoms with Crippen molar-refractivity contribution in [3.63, 3.8) is 0 Å². The van der Waals surface area contributed by atoms with Gasteiger partial charge in [-0.3, -0.25) is 0 Å². The van der Waals surface area contributed by atoms with Crippen molar-refractivity contribution in [3.05, 3.63) is 23.8 Å². The zero-order chi connectivity index (χ0) is 19.6. The third-order valence-electron chi connectivity index (χ3n) is 4.99. The third-order valence-corrected chi connectivity index (χ3v) is 4.99. The first-order valence-corrected chi connectivity index (χ1v) is 11.1. The molecule has 0 N–H and O–H groups in total. The molecule has 0 aromatic rings. The summed E-state index contributed by atoms with van der Waals surface area (Å²) in [6.07, 6.45) is 16.5. The molecule has 2 unspecified atom stereocenters. The summed E-state index contributed by atoms with van der Waals surface area (Å²) in [4.78, 5) is 0. The highest BCUT2D eigenvalue weighted by Gasteiger charge is 2.26. The Bertz CT molecular complexity index is 301. The van der Waals surface area contributed by atoms with E-state index >= 15 is 0 Å². The van der Waals surface area contributed by atoms with Crippen molar-refractivity contribution in [2.75, 3.05) is 6.26 Å². The van der Waals surface area contributed by atoms with Crippen molar-refractivity contribution >= 4 is 12.6 Å². The van der Waals surface area contributed by atoms with E-state index < -0.39 is 0 Å². The van der Waals surface area contributed by atoms with Crippen LogP contribution in [0.3, 0.4) is 0 Å². The normalized spacial score (nSPS) is 15.2. The van der Waals surface area contributed by atoms with E-state index in [1.54, 1.807) is 11.8 Å². The average Bonchev–Trinajstić information content (AvgIpc) is 2.61. The predicted molar refractivity (Wildman–Crippen MR) is 120 cm³/mol. The monoisotopic (exact) mass is 356 g/mol. The van der Waals surface area contributed by atoms with Crippen LogP contribution in [0.2, 0.25) is 0 Å². The Morgan fingerprint density at radius 2 is 1.58 bits per heavy atom. The Morgan fingerprint density at radius 3 is 1.96 bits per heavy atom. The summed E-state index contributed by atoms with van der Waals surface area (Å²) in [5, 5.41) is 0. The SMILES string of the molecule is CC.CC/C=C(/C/C=C\C(C)C(C)(CC)CCCC)C(C)C.CS. The van der Waals surface area contributed by atoms with Gasteiger partial charge in [0.2, 0.25) is 0 Å². The molecule has 0 spiro atoms. The van der Waals surface area contributed by atoms with Gasteiger partial charge in [0.25, 0.3) is 0 Å². The van der Waals surface area contributed by atoms with Crippen LogP contribution in [0.25, 0.3) is 0 Å². The maximum Gasteiger partial charge on any atom is -0.0136 e. The Labute approximate surface area is 161 Å². The molecule has 146 valence electrons. The molecule has 0 bridgehead atoms. The summed E-state index contributed by atoms with van der Waals surface area (Å²) in [7, 11) is 0. The van der Waals surface area contributed by atoms with E-state index in [4.69, 9.17) is 0 Å². The highest BCUT2D eigenvalue weighted by molar-refractivity contribution is 7.79. The molecule has 0 amide bonds. The van der Waals surface area contributed by atoms with E-state index in [1.807, 2.05) is 13.8 Å². The van der Waals surface area contributed by atoms with Gasteiger partial charge in [-0.25, -0.2) is 0 Å². The maximum absolute atomic E-state index is 3.53. The van der Waals surface area contributed by atoms with Gasteiger partial charge in [-0.15, -0.1) is 0 Å². The van der Waals surface area contributed by atoms with E-state index in [1.165, 1.54) is 25.7 Å². The molecule has 0 fully saturated rings. The fraction of sp³-hybridized carbons (Fsp3) is 0.826. The molecular formula is C23H48S. The molecule has 0 radical (unpaired) electrons. The number of rotatable bonds is 10. The van der Waals surface area contributed by atoms with Gasteiger partial charge in [-0.1, -0.05) is 105 Å². The first-order valence-electron chi connectivity index (χ1n) is 10.2. The molecular weight excluding hydrogens is 308 g/mol. The van der Waals surface area contributed by atoms with Crippen LogP contribution < -0.4 is 0 Å². The molecule has 0 aliphatic heterocycles. The van der Waals surface area contributed by atoms with E-state index in [-0.39, 0.29) is 0 Å². The highest BCUT2D eigenvalue weighted by atomic mass is 32.1. The molecule has 0 aromatic heterocycles. The summed E-state index contributed by atoms with van der Waals surface area (Å²) >= 11 is 3.53. The number of hydrogen-bond donors (Lipinski definition) is 1. The lowest BCUT2D eigenvalue weighted by Gasteiger charge is -2.33. The number of unbranched alkanes of at least 4 members (excludes halogenated alkanes) is 1. The zero-order valence-corrected chi connectivity index (χ0v) is 19.5. The Morgan fingerprint density at radius 1 is 1.04 bits per heavy atom. The van der Waals surface area contributed by atoms with Crippen LogP contribution in [-0.2, 0) is 0 Å². The first-order chi connectivity index (χ1) is 11.4. The lowest BCUT2D eigenvalue weighted by molar-refractivity contribution is 0.206. The molecule has 24 heavy (non-hydrogen) atoms. The van der Waals surface area contributed by atoms with Gasteiger partial charge in [0.1, 0.15) is 0 Å². The largest absolute Gasteiger partial charge is 0.183 e. The molecule has 0 rings (SSSR count). The van der Waals surface area contributed by atoms with Gasteiger partial charge in [0.05, 0.1) is 0 Å². The van der Waals surface area contributed by atoms with Gasteiger partial charge < -0.3 is 0 Å². The smallest absolute Gasteiger partial charge is 0.0136 e. The van der Waals surface area contributed by atoms with E-state index in [0.29, 0.717) is 17.3 Å². The van der Waals surface area contributed by atoms with Crippen LogP contribution in [0.1, 0.15) is 101 Å². The third kappa shape index (κ3) is 13.2. The van der Waals surface area contributed by atoms with Gasteiger partial charge in [0, 0.05) is 0 Å². The molecule has 0 aliphatic carbocycles. The van der Waals surface area contributed by atoms with E-state index in [9.17, 15) is 0 Å². The van der Waals surface area contributed by atoms with Gasteiger partial charge in [-0.05, 0) is 42.8 Å². The second-order valence-corrected chi connectivity index (χ2v) is 6.87. The van der Waals surface area contributed by atoms with Gasteiger partial charge in [-0.2, -0.15) is 12.6 Å². The summed E-state index contributed by atoms with van der Waals surface area (Å²) in [6.45, 7) is 20.3. The number of hydrogen-bond acceptors (Lipinski definition) is 1. The van der Waals surface area contributed by atoms with Crippen LogP contribution in [0.5, 0.6) is 0 Å². The molecule has 0 heterocycles. The standard InChI is InChI=1S/C20H38.C2H6.CH4S/c1-8-11-16-20(7,10-3)18(6)14-12-15-19(13-9-2)17(4)5;2*1-2/h12-14,17-18H,8-11,15-16H2,1-7H3;1-2H3;2H,1H3/b14-12-,19-13-;;. The van der Waals surface area contributed by atoms with E-state index in [2.05, 4.69) is 79.3 Å². The minimum Gasteiger partial charge on any atom is -0.183 e. The van der Waals surface area contributed by atoms with Crippen molar-refractivity contribution in [2.24, 2.45) is 17.3 Å². The highest BCUT2D eigenvalue weighted by Crippen LogP contribution is 2.37. The van der Waals surface area contributed by atoms with E-state index in [0.717, 1.165) is 12.8 Å². The molecule has 0 saturated heterocycles. The Balaban J connectivity index is -0.00000102. The Hall–Kier alpha value is -0.170. The van der Waals surface area contributed by atoms with Crippen molar-refractivity contribution in [3.8, 4) is 0 Å². The number of thiol groups is 1. The van der Waals surface area contributed by atoms with Crippen molar-refractivity contribution in [1.82, 2.24) is 0 Å². The maximum atomic E-state index is 3.53. The van der Waals surface area contributed by atoms with Gasteiger partial charge in [0.15, 0.2) is 0 Å². The topological polar surface area (TPSA) is 0 Å². The quantitative estimate of drug-likeness (QED) is 0.293. The average molecular weight is 357 g/mol. The first kappa shape index (κ1) is 28.6. The second kappa shape index (κ2) is 19.2. The van der Waals surface area contributed by atoms with Crippen LogP contribution in [0.4, 0.5) is 0 Å². The second-order valence-electron chi connectivity index (χ2n) is 6.87. The molecule has 1 heteroatoms. The molecule has 0 aromatic carbocycles. The van der Waals surface area contributed by atoms with Crippen LogP contribution >= 0.6 is 12.6 Å². The minimum atomic E-state index is 0.471. The lowest BCUT2D eigenvalue weighted by atomic mass is 9.72. The van der Waals surface area contributed by atoms with Crippen LogP contribution in [0, 0.1) is 17.3 Å². The van der Waals surface area contributed by atoms with Crippen LogP contribution in [0.15, 0.2) is 23.8 Å². The predicted octanol–water partition coefficient (Wildman–Crippen LogP) is 8.74. The fourth-order valence-corrected chi connectivity index (χ4v) is 2.76. The van der Waals surface area contributed by atoms with Gasteiger partial charge >= 0.3 is 0 Å². The molecule has 0 aliphatic rings. The number of allylic oxidation sites excluding steroid dienone is 4. The van der Waals surface area contributed by atoms with Crippen molar-refractivity contribution < 1.29 is 0 Å². The van der Waals surface area contributed by atoms with Crippen LogP contribution in [-0.4, -0.2) is 6.26 Å². The summed E-state index contributed by atoms with van der Waals surface area (Å²) in [6, 6.07) is 0. The summed E-state index contributed by atoms with van der Waals surface area (Å²) in [5.41, 5.74) is 2.06. The molecule has 2 atom stereocenters. The van der Waals surface area contributed by atoms with Crippen molar-refractivity contribution in [2.45, 2.75) is 101 Å². The van der Waals surface area contributed by atoms with Crippen molar-refractivity contribution in [1.29, 1.82) is 0 Å². The Kier molecular flexibility index (Phi) is 22.9. The lowest BCUT2D eigenvalue weighted by Crippen LogP contribution is -2.23.